The lowest BCUT2D eigenvalue weighted by atomic mass is 10.0. The summed E-state index contributed by atoms with van der Waals surface area (Å²) >= 11 is 0. The largest absolute Gasteiger partial charge is 0.493 e. The third-order valence-corrected chi connectivity index (χ3v) is 6.74. The van der Waals surface area contributed by atoms with Gasteiger partial charge in [0.15, 0.2) is 23.0 Å². The van der Waals surface area contributed by atoms with Crippen LogP contribution in [-0.2, 0) is 18.3 Å². The van der Waals surface area contributed by atoms with Gasteiger partial charge < -0.3 is 28.4 Å². The molecule has 7 nitrogen and oxygen atoms in total. The number of methoxy groups -OCH3 is 2. The van der Waals surface area contributed by atoms with Crippen molar-refractivity contribution in [2.24, 2.45) is 7.05 Å². The van der Waals surface area contributed by atoms with Gasteiger partial charge in [0, 0.05) is 48.7 Å². The molecular weight excluding hydrogens is 468 g/mol. The van der Waals surface area contributed by atoms with Crippen LogP contribution in [0.3, 0.4) is 0 Å². The summed E-state index contributed by atoms with van der Waals surface area (Å²) < 4.78 is 24.0. The zero-order valence-corrected chi connectivity index (χ0v) is 21.5. The zero-order chi connectivity index (χ0) is 25.9. The fourth-order valence-corrected chi connectivity index (χ4v) is 4.71. The number of fused-ring (bicyclic) bond motifs is 2. The van der Waals surface area contributed by atoms with Crippen molar-refractivity contribution in [3.63, 3.8) is 0 Å². The average molecular weight is 499 g/mol. The van der Waals surface area contributed by atoms with Crippen LogP contribution >= 0.6 is 0 Å². The smallest absolute Gasteiger partial charge is 0.246 e. The summed E-state index contributed by atoms with van der Waals surface area (Å²) in [6.07, 6.45) is 4.26. The minimum absolute atomic E-state index is 0.0648. The topological polar surface area (TPSA) is 62.2 Å². The Morgan fingerprint density at radius 3 is 2.59 bits per heavy atom. The predicted molar refractivity (Wildman–Crippen MR) is 144 cm³/mol. The van der Waals surface area contributed by atoms with Gasteiger partial charge in [-0.3, -0.25) is 4.79 Å². The number of aromatic nitrogens is 1. The molecule has 37 heavy (non-hydrogen) atoms. The second-order valence-corrected chi connectivity index (χ2v) is 8.94. The third-order valence-electron chi connectivity index (χ3n) is 6.74. The predicted octanol–water partition coefficient (Wildman–Crippen LogP) is 5.31. The Morgan fingerprint density at radius 2 is 1.78 bits per heavy atom. The van der Waals surface area contributed by atoms with Gasteiger partial charge in [-0.05, 0) is 54.5 Å². The molecule has 0 bridgehead atoms. The normalized spacial score (nSPS) is 12.3. The molecule has 0 fully saturated rings. The molecule has 0 aliphatic carbocycles. The van der Waals surface area contributed by atoms with E-state index in [2.05, 4.69) is 16.7 Å². The molecule has 0 atom stereocenters. The highest BCUT2D eigenvalue weighted by molar-refractivity contribution is 6.01. The number of rotatable bonds is 8. The Bertz CT molecular complexity index is 1490. The van der Waals surface area contributed by atoms with E-state index in [4.69, 9.17) is 18.9 Å². The van der Waals surface area contributed by atoms with Crippen LogP contribution in [0.4, 0.5) is 0 Å². The Kier molecular flexibility index (Phi) is 6.77. The van der Waals surface area contributed by atoms with Crippen LogP contribution in [0.15, 0.2) is 66.7 Å². The number of carbonyl (C=O) groups is 1. The number of ether oxygens (including phenoxy) is 4. The molecule has 1 amide bonds. The maximum absolute atomic E-state index is 13.1. The molecule has 1 aromatic heterocycles. The monoisotopic (exact) mass is 498 g/mol. The second kappa shape index (κ2) is 10.3. The molecule has 0 spiro atoms. The van der Waals surface area contributed by atoms with Crippen LogP contribution in [0.1, 0.15) is 11.1 Å². The number of hydrogen-bond acceptors (Lipinski definition) is 5. The van der Waals surface area contributed by atoms with E-state index in [1.54, 1.807) is 25.2 Å². The number of nitrogens with zero attached hydrogens (tertiary/aromatic N) is 2. The van der Waals surface area contributed by atoms with Crippen molar-refractivity contribution in [3.8, 4) is 34.3 Å². The molecule has 0 unspecified atom stereocenters. The van der Waals surface area contributed by atoms with E-state index in [0.29, 0.717) is 24.5 Å². The summed E-state index contributed by atoms with van der Waals surface area (Å²) in [6, 6.07) is 20.0. The number of likely N-dealkylation sites (N-methyl/N-ethyl adjacent to an activating group) is 1. The van der Waals surface area contributed by atoms with E-state index in [0.717, 1.165) is 44.8 Å². The minimum Gasteiger partial charge on any atom is -0.493 e. The standard InChI is InChI=1S/C30H30N2O5/c1-31(16-15-20-9-12-25(34-3)27(17-20)35-4)29(33)14-11-23-22-7-5-6-8-24(22)32(2)30(23)21-10-13-26-28(18-21)37-19-36-26/h5-14,17-18H,15-16,19H2,1-4H3. The van der Waals surface area contributed by atoms with Gasteiger partial charge >= 0.3 is 0 Å². The number of benzene rings is 3. The number of amides is 1. The number of aryl methyl sites for hydroxylation is 1. The van der Waals surface area contributed by atoms with Crippen LogP contribution < -0.4 is 18.9 Å². The minimum atomic E-state index is -0.0648. The highest BCUT2D eigenvalue weighted by atomic mass is 16.7. The maximum Gasteiger partial charge on any atom is 0.246 e. The molecule has 2 heterocycles. The van der Waals surface area contributed by atoms with E-state index in [-0.39, 0.29) is 12.7 Å². The molecule has 1 aliphatic rings. The van der Waals surface area contributed by atoms with Crippen LogP contribution in [0.25, 0.3) is 28.2 Å². The molecule has 4 aromatic rings. The first-order chi connectivity index (χ1) is 18.0. The molecule has 1 aliphatic heterocycles. The first-order valence-corrected chi connectivity index (χ1v) is 12.1. The molecule has 190 valence electrons. The highest BCUT2D eigenvalue weighted by Gasteiger charge is 2.19. The summed E-state index contributed by atoms with van der Waals surface area (Å²) in [6.45, 7) is 0.800. The first kappa shape index (κ1) is 24.3. The van der Waals surface area contributed by atoms with E-state index < -0.39 is 0 Å². The van der Waals surface area contributed by atoms with Crippen molar-refractivity contribution in [1.29, 1.82) is 0 Å². The van der Waals surface area contributed by atoms with Crippen molar-refractivity contribution in [1.82, 2.24) is 9.47 Å². The summed E-state index contributed by atoms with van der Waals surface area (Å²) in [5.41, 5.74) is 5.15. The quantitative estimate of drug-likeness (QED) is 0.308. The molecule has 7 heteroatoms. The maximum atomic E-state index is 13.1. The van der Waals surface area contributed by atoms with Gasteiger partial charge in [-0.2, -0.15) is 0 Å². The van der Waals surface area contributed by atoms with Crippen molar-refractivity contribution >= 4 is 22.9 Å². The van der Waals surface area contributed by atoms with Gasteiger partial charge in [0.1, 0.15) is 0 Å². The molecule has 0 N–H and O–H groups in total. The molecule has 0 saturated carbocycles. The summed E-state index contributed by atoms with van der Waals surface area (Å²) in [4.78, 5) is 14.8. The summed E-state index contributed by atoms with van der Waals surface area (Å²) in [7, 11) is 7.09. The van der Waals surface area contributed by atoms with Crippen molar-refractivity contribution in [3.05, 3.63) is 77.9 Å². The Morgan fingerprint density at radius 1 is 1.00 bits per heavy atom. The number of para-hydroxylation sites is 1. The van der Waals surface area contributed by atoms with E-state index in [9.17, 15) is 4.79 Å². The van der Waals surface area contributed by atoms with Gasteiger partial charge in [-0.25, -0.2) is 0 Å². The SMILES string of the molecule is COc1ccc(CCN(C)C(=O)C=Cc2c(-c3ccc4c(c3)OCO4)n(C)c3ccccc23)cc1OC. The van der Waals surface area contributed by atoms with Gasteiger partial charge in [-0.15, -0.1) is 0 Å². The van der Waals surface area contributed by atoms with E-state index in [1.165, 1.54) is 0 Å². The second-order valence-electron chi connectivity index (χ2n) is 8.94. The molecule has 5 rings (SSSR count). The number of carbonyl (C=O) groups excluding carboxylic acids is 1. The van der Waals surface area contributed by atoms with E-state index in [1.807, 2.05) is 68.7 Å². The van der Waals surface area contributed by atoms with Crippen molar-refractivity contribution in [2.75, 3.05) is 34.6 Å². The van der Waals surface area contributed by atoms with Crippen LogP contribution in [0.2, 0.25) is 0 Å². The lowest BCUT2D eigenvalue weighted by Crippen LogP contribution is -2.27. The fraction of sp³-hybridized carbons (Fsp3) is 0.233. The van der Waals surface area contributed by atoms with Crippen LogP contribution in [-0.4, -0.2) is 50.0 Å². The Balaban J connectivity index is 1.39. The summed E-state index contributed by atoms with van der Waals surface area (Å²) in [5, 5.41) is 1.08. The van der Waals surface area contributed by atoms with Gasteiger partial charge in [0.25, 0.3) is 0 Å². The average Bonchev–Trinajstić information content (AvgIpc) is 3.51. The van der Waals surface area contributed by atoms with Crippen molar-refractivity contribution in [2.45, 2.75) is 6.42 Å². The van der Waals surface area contributed by atoms with E-state index >= 15 is 0 Å². The Labute approximate surface area is 216 Å². The molecule has 0 radical (unpaired) electrons. The Hall–Kier alpha value is -4.39. The lowest BCUT2D eigenvalue weighted by Gasteiger charge is -2.16. The molecule has 0 saturated heterocycles. The fourth-order valence-electron chi connectivity index (χ4n) is 4.71. The first-order valence-electron chi connectivity index (χ1n) is 12.1. The molecule has 3 aromatic carbocycles. The van der Waals surface area contributed by atoms with Gasteiger partial charge in [-0.1, -0.05) is 24.3 Å². The zero-order valence-electron chi connectivity index (χ0n) is 21.5. The lowest BCUT2D eigenvalue weighted by molar-refractivity contribution is -0.124. The van der Waals surface area contributed by atoms with Crippen molar-refractivity contribution < 1.29 is 23.7 Å². The van der Waals surface area contributed by atoms with Crippen LogP contribution in [0.5, 0.6) is 23.0 Å². The molecular formula is C30H30N2O5. The number of hydrogen-bond donors (Lipinski definition) is 0. The summed E-state index contributed by atoms with van der Waals surface area (Å²) in [5.74, 6) is 2.77. The third kappa shape index (κ3) is 4.72. The van der Waals surface area contributed by atoms with Gasteiger partial charge in [0.05, 0.1) is 19.9 Å². The van der Waals surface area contributed by atoms with Crippen LogP contribution in [0, 0.1) is 0 Å². The van der Waals surface area contributed by atoms with Gasteiger partial charge in [0.2, 0.25) is 12.7 Å². The highest BCUT2D eigenvalue weighted by Crippen LogP contribution is 2.40.